The first-order chi connectivity index (χ1) is 7.15. The maximum atomic E-state index is 11.9. The molecule has 0 atom stereocenters. The number of nitrogens with zero attached hydrogens (tertiary/aromatic N) is 2. The topological polar surface area (TPSA) is 52.0 Å². The molecule has 5 heteroatoms. The van der Waals surface area contributed by atoms with Crippen LogP contribution in [0, 0.1) is 13.8 Å². The van der Waals surface area contributed by atoms with E-state index in [0.29, 0.717) is 6.54 Å². The van der Waals surface area contributed by atoms with Crippen molar-refractivity contribution < 1.29 is 8.42 Å². The fourth-order valence-corrected chi connectivity index (χ4v) is 2.34. The molecule has 0 aliphatic heterocycles. The molecular formula is C11H20N2O2S. The van der Waals surface area contributed by atoms with Crippen molar-refractivity contribution in [3.05, 3.63) is 17.7 Å². The minimum Gasteiger partial charge on any atom is -0.334 e. The summed E-state index contributed by atoms with van der Waals surface area (Å²) in [5.74, 6) is 0.160. The van der Waals surface area contributed by atoms with Gasteiger partial charge in [-0.05, 0) is 34.6 Å². The molecule has 0 spiro atoms. The summed E-state index contributed by atoms with van der Waals surface area (Å²) in [6.45, 7) is 9.54. The average molecular weight is 244 g/mol. The minimum absolute atomic E-state index is 0.160. The van der Waals surface area contributed by atoms with Crippen LogP contribution in [0.1, 0.15) is 32.2 Å². The molecule has 0 saturated carbocycles. The molecule has 92 valence electrons. The van der Waals surface area contributed by atoms with Gasteiger partial charge in [-0.1, -0.05) is 0 Å². The lowest BCUT2D eigenvalue weighted by Crippen LogP contribution is -2.32. The van der Waals surface area contributed by atoms with Gasteiger partial charge < -0.3 is 4.57 Å². The quantitative estimate of drug-likeness (QED) is 0.813. The zero-order valence-corrected chi connectivity index (χ0v) is 11.4. The summed E-state index contributed by atoms with van der Waals surface area (Å²) in [6.07, 6.45) is 1.70. The van der Waals surface area contributed by atoms with Crippen LogP contribution in [0.5, 0.6) is 0 Å². The predicted molar refractivity (Wildman–Crippen MR) is 65.2 cm³/mol. The standard InChI is InChI=1S/C11H20N2O2S/c1-9-10(2)13(8-12-9)6-7-16(14,15)11(3,4)5/h8H,6-7H2,1-5H3. The van der Waals surface area contributed by atoms with Crippen LogP contribution < -0.4 is 0 Å². The highest BCUT2D eigenvalue weighted by Gasteiger charge is 2.28. The van der Waals surface area contributed by atoms with Gasteiger partial charge >= 0.3 is 0 Å². The van der Waals surface area contributed by atoms with Crippen molar-refractivity contribution in [1.29, 1.82) is 0 Å². The van der Waals surface area contributed by atoms with Crippen LogP contribution in [-0.2, 0) is 16.4 Å². The van der Waals surface area contributed by atoms with Crippen molar-refractivity contribution in [3.63, 3.8) is 0 Å². The number of aromatic nitrogens is 2. The number of hydrogen-bond acceptors (Lipinski definition) is 3. The Bertz CT molecular complexity index is 467. The summed E-state index contributed by atoms with van der Waals surface area (Å²) in [6, 6.07) is 0. The van der Waals surface area contributed by atoms with E-state index in [4.69, 9.17) is 0 Å². The Labute approximate surface area is 97.6 Å². The van der Waals surface area contributed by atoms with Gasteiger partial charge in [-0.2, -0.15) is 0 Å². The van der Waals surface area contributed by atoms with Crippen molar-refractivity contribution in [2.75, 3.05) is 5.75 Å². The maximum Gasteiger partial charge on any atom is 0.156 e. The fraction of sp³-hybridized carbons (Fsp3) is 0.727. The minimum atomic E-state index is -3.05. The molecule has 0 aromatic carbocycles. The SMILES string of the molecule is Cc1ncn(CCS(=O)(=O)C(C)(C)C)c1C. The molecule has 1 rings (SSSR count). The van der Waals surface area contributed by atoms with Crippen LogP contribution in [-0.4, -0.2) is 28.5 Å². The van der Waals surface area contributed by atoms with Gasteiger partial charge in [-0.25, -0.2) is 13.4 Å². The van der Waals surface area contributed by atoms with Gasteiger partial charge in [0, 0.05) is 12.2 Å². The summed E-state index contributed by atoms with van der Waals surface area (Å²) < 4.78 is 25.0. The molecule has 0 aliphatic carbocycles. The van der Waals surface area contributed by atoms with Crippen molar-refractivity contribution in [2.45, 2.75) is 45.9 Å². The number of aryl methyl sites for hydroxylation is 2. The third kappa shape index (κ3) is 2.64. The Morgan fingerprint density at radius 3 is 2.25 bits per heavy atom. The average Bonchev–Trinajstić information content (AvgIpc) is 2.43. The van der Waals surface area contributed by atoms with E-state index in [9.17, 15) is 8.42 Å². The third-order valence-corrected chi connectivity index (χ3v) is 5.47. The van der Waals surface area contributed by atoms with Gasteiger partial charge in [-0.15, -0.1) is 0 Å². The predicted octanol–water partition coefficient (Wildman–Crippen LogP) is 1.71. The Morgan fingerprint density at radius 1 is 1.31 bits per heavy atom. The second kappa shape index (κ2) is 4.20. The van der Waals surface area contributed by atoms with E-state index in [1.807, 2.05) is 18.4 Å². The van der Waals surface area contributed by atoms with Crippen LogP contribution >= 0.6 is 0 Å². The Hall–Kier alpha value is -0.840. The number of rotatable bonds is 3. The second-order valence-electron chi connectivity index (χ2n) is 5.04. The smallest absolute Gasteiger partial charge is 0.156 e. The Kier molecular flexibility index (Phi) is 3.47. The Morgan fingerprint density at radius 2 is 1.88 bits per heavy atom. The van der Waals surface area contributed by atoms with E-state index in [0.717, 1.165) is 11.4 Å². The zero-order chi connectivity index (χ0) is 12.6. The molecule has 1 aromatic heterocycles. The summed E-state index contributed by atoms with van der Waals surface area (Å²) >= 11 is 0. The summed E-state index contributed by atoms with van der Waals surface area (Å²) in [4.78, 5) is 4.15. The molecule has 1 heterocycles. The van der Waals surface area contributed by atoms with Gasteiger partial charge in [0.1, 0.15) is 0 Å². The molecule has 1 aromatic rings. The van der Waals surface area contributed by atoms with Crippen LogP contribution in [0.3, 0.4) is 0 Å². The lowest BCUT2D eigenvalue weighted by Gasteiger charge is -2.19. The molecule has 0 fully saturated rings. The van der Waals surface area contributed by atoms with E-state index < -0.39 is 14.6 Å². The highest BCUT2D eigenvalue weighted by atomic mass is 32.2. The van der Waals surface area contributed by atoms with Crippen LogP contribution in [0.2, 0.25) is 0 Å². The normalized spacial score (nSPS) is 13.1. The highest BCUT2D eigenvalue weighted by Crippen LogP contribution is 2.16. The number of hydrogen-bond donors (Lipinski definition) is 0. The molecule has 0 unspecified atom stereocenters. The first kappa shape index (κ1) is 13.2. The van der Waals surface area contributed by atoms with Gasteiger partial charge in [0.2, 0.25) is 0 Å². The fourth-order valence-electron chi connectivity index (χ4n) is 1.29. The molecular weight excluding hydrogens is 224 g/mol. The second-order valence-corrected chi connectivity index (χ2v) is 7.90. The van der Waals surface area contributed by atoms with E-state index >= 15 is 0 Å². The first-order valence-electron chi connectivity index (χ1n) is 5.36. The highest BCUT2D eigenvalue weighted by molar-refractivity contribution is 7.92. The molecule has 0 N–H and O–H groups in total. The van der Waals surface area contributed by atoms with Gasteiger partial charge in [0.25, 0.3) is 0 Å². The third-order valence-electron chi connectivity index (χ3n) is 2.88. The number of sulfone groups is 1. The van der Waals surface area contributed by atoms with E-state index in [-0.39, 0.29) is 5.75 Å². The molecule has 0 aliphatic rings. The largest absolute Gasteiger partial charge is 0.334 e. The number of imidazole rings is 1. The molecule has 4 nitrogen and oxygen atoms in total. The molecule has 0 radical (unpaired) electrons. The maximum absolute atomic E-state index is 11.9. The zero-order valence-electron chi connectivity index (χ0n) is 10.6. The lowest BCUT2D eigenvalue weighted by molar-refractivity contribution is 0.553. The van der Waals surface area contributed by atoms with E-state index in [2.05, 4.69) is 4.98 Å². The lowest BCUT2D eigenvalue weighted by atomic mass is 10.3. The van der Waals surface area contributed by atoms with Crippen molar-refractivity contribution in [3.8, 4) is 0 Å². The van der Waals surface area contributed by atoms with Crippen LogP contribution in [0.15, 0.2) is 6.33 Å². The van der Waals surface area contributed by atoms with Crippen LogP contribution in [0.4, 0.5) is 0 Å². The molecule has 0 bridgehead atoms. The van der Waals surface area contributed by atoms with E-state index in [1.165, 1.54) is 0 Å². The van der Waals surface area contributed by atoms with Crippen molar-refractivity contribution >= 4 is 9.84 Å². The summed E-state index contributed by atoms with van der Waals surface area (Å²) in [7, 11) is -3.05. The van der Waals surface area contributed by atoms with Gasteiger partial charge in [0.05, 0.1) is 22.5 Å². The van der Waals surface area contributed by atoms with Gasteiger partial charge in [0.15, 0.2) is 9.84 Å². The van der Waals surface area contributed by atoms with Gasteiger partial charge in [-0.3, -0.25) is 0 Å². The molecule has 16 heavy (non-hydrogen) atoms. The molecule has 0 amide bonds. The van der Waals surface area contributed by atoms with Crippen LogP contribution in [0.25, 0.3) is 0 Å². The summed E-state index contributed by atoms with van der Waals surface area (Å²) in [5.41, 5.74) is 1.98. The first-order valence-corrected chi connectivity index (χ1v) is 7.01. The monoisotopic (exact) mass is 244 g/mol. The molecule has 0 saturated heterocycles. The van der Waals surface area contributed by atoms with Crippen molar-refractivity contribution in [1.82, 2.24) is 9.55 Å². The van der Waals surface area contributed by atoms with Crippen molar-refractivity contribution in [2.24, 2.45) is 0 Å². The van der Waals surface area contributed by atoms with E-state index in [1.54, 1.807) is 27.1 Å². The Balaban J connectivity index is 2.77. The summed E-state index contributed by atoms with van der Waals surface area (Å²) in [5, 5.41) is 0.